The second-order valence-corrected chi connectivity index (χ2v) is 5.70. The van der Waals surface area contributed by atoms with Crippen LogP contribution in [0.2, 0.25) is 0 Å². The number of allylic oxidation sites excluding steroid dienone is 2. The number of rotatable bonds is 5. The number of methoxy groups -OCH3 is 1. The molecule has 0 amide bonds. The molecule has 1 fully saturated rings. The Kier molecular flexibility index (Phi) is 4.86. The van der Waals surface area contributed by atoms with Gasteiger partial charge < -0.3 is 14.2 Å². The smallest absolute Gasteiger partial charge is 0.166 e. The third-order valence-electron chi connectivity index (χ3n) is 4.84. The van der Waals surface area contributed by atoms with Gasteiger partial charge in [-0.1, -0.05) is 13.8 Å². The molecule has 1 aliphatic heterocycles. The van der Waals surface area contributed by atoms with Crippen LogP contribution in [0.3, 0.4) is 0 Å². The van der Waals surface area contributed by atoms with Gasteiger partial charge in [0.2, 0.25) is 0 Å². The van der Waals surface area contributed by atoms with E-state index in [1.807, 2.05) is 13.8 Å². The number of hydrogen-bond acceptors (Lipinski definition) is 4. The number of fused-ring (bicyclic) bond motifs is 1. The average molecular weight is 282 g/mol. The molecule has 20 heavy (non-hydrogen) atoms. The van der Waals surface area contributed by atoms with Gasteiger partial charge in [0.1, 0.15) is 5.76 Å². The van der Waals surface area contributed by atoms with Crippen LogP contribution in [-0.2, 0) is 19.0 Å². The lowest BCUT2D eigenvalue weighted by Gasteiger charge is -2.48. The fourth-order valence-electron chi connectivity index (χ4n) is 3.55. The first kappa shape index (κ1) is 15.5. The monoisotopic (exact) mass is 282 g/mol. The summed E-state index contributed by atoms with van der Waals surface area (Å²) in [7, 11) is 1.66. The molecule has 1 heterocycles. The van der Waals surface area contributed by atoms with Gasteiger partial charge in [-0.2, -0.15) is 0 Å². The zero-order chi connectivity index (χ0) is 14.8. The predicted molar refractivity (Wildman–Crippen MR) is 76.1 cm³/mol. The van der Waals surface area contributed by atoms with Crippen molar-refractivity contribution < 1.29 is 19.0 Å². The topological polar surface area (TPSA) is 44.8 Å². The maximum Gasteiger partial charge on any atom is 0.166 e. The standard InChI is InChI=1S/C16H26O4/c1-5-11-13(18-4)9-16(6-2)10-20-14(19-7-3)8-12(16)15(11)17/h12,14H,5-10H2,1-4H3. The van der Waals surface area contributed by atoms with E-state index in [-0.39, 0.29) is 23.4 Å². The number of ether oxygens (including phenoxy) is 3. The van der Waals surface area contributed by atoms with Crippen molar-refractivity contribution in [2.24, 2.45) is 11.3 Å². The van der Waals surface area contributed by atoms with Crippen LogP contribution in [0.5, 0.6) is 0 Å². The fourth-order valence-corrected chi connectivity index (χ4v) is 3.55. The zero-order valence-corrected chi connectivity index (χ0v) is 13.0. The Hall–Kier alpha value is -0.870. The molecule has 4 nitrogen and oxygen atoms in total. The van der Waals surface area contributed by atoms with Crippen LogP contribution in [0.1, 0.15) is 46.5 Å². The highest BCUT2D eigenvalue weighted by Crippen LogP contribution is 2.50. The lowest BCUT2D eigenvalue weighted by atomic mass is 9.62. The van der Waals surface area contributed by atoms with Crippen LogP contribution in [-0.4, -0.2) is 32.4 Å². The summed E-state index contributed by atoms with van der Waals surface area (Å²) in [5.74, 6) is 1.10. The second kappa shape index (κ2) is 6.27. The molecular formula is C16H26O4. The SMILES string of the molecule is CCOC1CC2C(=O)C(CC)=C(OC)CC2(CC)CO1. The average Bonchev–Trinajstić information content (AvgIpc) is 2.48. The summed E-state index contributed by atoms with van der Waals surface area (Å²) in [4.78, 5) is 12.8. The molecule has 0 saturated carbocycles. The van der Waals surface area contributed by atoms with Crippen LogP contribution in [0.25, 0.3) is 0 Å². The molecule has 2 aliphatic rings. The summed E-state index contributed by atoms with van der Waals surface area (Å²) in [6, 6.07) is 0. The quantitative estimate of drug-likeness (QED) is 0.777. The number of carbonyl (C=O) groups is 1. The van der Waals surface area contributed by atoms with E-state index in [9.17, 15) is 4.79 Å². The predicted octanol–water partition coefficient (Wildman–Crippen LogP) is 3.07. The number of hydrogen-bond donors (Lipinski definition) is 0. The van der Waals surface area contributed by atoms with Gasteiger partial charge in [0, 0.05) is 36.4 Å². The second-order valence-electron chi connectivity index (χ2n) is 5.70. The minimum absolute atomic E-state index is 0.00616. The molecule has 4 heteroatoms. The van der Waals surface area contributed by atoms with E-state index in [1.54, 1.807) is 7.11 Å². The number of Topliss-reactive ketones (excluding diaryl/α,β-unsaturated/α-hetero) is 1. The van der Waals surface area contributed by atoms with Crippen LogP contribution >= 0.6 is 0 Å². The van der Waals surface area contributed by atoms with Gasteiger partial charge in [-0.15, -0.1) is 0 Å². The van der Waals surface area contributed by atoms with Gasteiger partial charge in [0.05, 0.1) is 13.7 Å². The molecule has 3 atom stereocenters. The van der Waals surface area contributed by atoms with Crippen molar-refractivity contribution >= 4 is 5.78 Å². The molecule has 3 unspecified atom stereocenters. The number of ketones is 1. The highest BCUT2D eigenvalue weighted by molar-refractivity contribution is 5.99. The molecule has 0 spiro atoms. The highest BCUT2D eigenvalue weighted by Gasteiger charge is 2.51. The van der Waals surface area contributed by atoms with Gasteiger partial charge in [-0.25, -0.2) is 0 Å². The van der Waals surface area contributed by atoms with Gasteiger partial charge >= 0.3 is 0 Å². The summed E-state index contributed by atoms with van der Waals surface area (Å²) < 4.78 is 16.9. The molecule has 0 aromatic carbocycles. The Bertz CT molecular complexity index is 401. The van der Waals surface area contributed by atoms with Crippen molar-refractivity contribution in [3.8, 4) is 0 Å². The van der Waals surface area contributed by atoms with E-state index in [0.29, 0.717) is 19.6 Å². The van der Waals surface area contributed by atoms with Gasteiger partial charge in [-0.05, 0) is 19.8 Å². The van der Waals surface area contributed by atoms with E-state index in [4.69, 9.17) is 14.2 Å². The molecular weight excluding hydrogens is 256 g/mol. The van der Waals surface area contributed by atoms with E-state index in [2.05, 4.69) is 6.92 Å². The van der Waals surface area contributed by atoms with Crippen molar-refractivity contribution in [3.05, 3.63) is 11.3 Å². The van der Waals surface area contributed by atoms with Crippen molar-refractivity contribution in [1.29, 1.82) is 0 Å². The van der Waals surface area contributed by atoms with Crippen molar-refractivity contribution in [2.75, 3.05) is 20.3 Å². The Balaban J connectivity index is 2.31. The first-order valence-corrected chi connectivity index (χ1v) is 7.65. The largest absolute Gasteiger partial charge is 0.501 e. The lowest BCUT2D eigenvalue weighted by Crippen LogP contribution is -2.50. The fraction of sp³-hybridized carbons (Fsp3) is 0.812. The van der Waals surface area contributed by atoms with Crippen molar-refractivity contribution in [1.82, 2.24) is 0 Å². The van der Waals surface area contributed by atoms with Crippen molar-refractivity contribution in [3.63, 3.8) is 0 Å². The zero-order valence-electron chi connectivity index (χ0n) is 13.0. The molecule has 0 N–H and O–H groups in total. The van der Waals surface area contributed by atoms with Crippen LogP contribution in [0.15, 0.2) is 11.3 Å². The first-order valence-electron chi connectivity index (χ1n) is 7.65. The highest BCUT2D eigenvalue weighted by atomic mass is 16.7. The van der Waals surface area contributed by atoms with Crippen LogP contribution < -0.4 is 0 Å². The molecule has 1 saturated heterocycles. The van der Waals surface area contributed by atoms with E-state index in [1.165, 1.54) is 0 Å². The third-order valence-corrected chi connectivity index (χ3v) is 4.84. The molecule has 0 bridgehead atoms. The third kappa shape index (κ3) is 2.51. The molecule has 0 aromatic heterocycles. The maximum atomic E-state index is 12.8. The molecule has 114 valence electrons. The minimum Gasteiger partial charge on any atom is -0.501 e. The summed E-state index contributed by atoms with van der Waals surface area (Å²) in [5.41, 5.74) is 0.744. The molecule has 2 rings (SSSR count). The summed E-state index contributed by atoms with van der Waals surface area (Å²) in [6.45, 7) is 7.30. The van der Waals surface area contributed by atoms with E-state index in [0.717, 1.165) is 30.6 Å². The van der Waals surface area contributed by atoms with Crippen molar-refractivity contribution in [2.45, 2.75) is 52.7 Å². The Morgan fingerprint density at radius 1 is 1.35 bits per heavy atom. The normalized spacial score (nSPS) is 34.1. The van der Waals surface area contributed by atoms with Crippen LogP contribution in [0, 0.1) is 11.3 Å². The minimum atomic E-state index is -0.240. The Morgan fingerprint density at radius 3 is 2.65 bits per heavy atom. The van der Waals surface area contributed by atoms with Gasteiger partial charge in [0.25, 0.3) is 0 Å². The maximum absolute atomic E-state index is 12.8. The van der Waals surface area contributed by atoms with Gasteiger partial charge in [0.15, 0.2) is 12.1 Å². The number of carbonyl (C=O) groups excluding carboxylic acids is 1. The summed E-state index contributed by atoms with van der Waals surface area (Å²) >= 11 is 0. The summed E-state index contributed by atoms with van der Waals surface area (Å²) in [6.07, 6.45) is 2.89. The van der Waals surface area contributed by atoms with Crippen LogP contribution in [0.4, 0.5) is 0 Å². The van der Waals surface area contributed by atoms with E-state index >= 15 is 0 Å². The Labute approximate surface area is 121 Å². The lowest BCUT2D eigenvalue weighted by molar-refractivity contribution is -0.214. The van der Waals surface area contributed by atoms with Gasteiger partial charge in [-0.3, -0.25) is 4.79 Å². The first-order chi connectivity index (χ1) is 9.61. The van der Waals surface area contributed by atoms with E-state index < -0.39 is 0 Å². The molecule has 0 aromatic rings. The Morgan fingerprint density at radius 2 is 2.10 bits per heavy atom. The molecule has 1 aliphatic carbocycles. The molecule has 0 radical (unpaired) electrons. The summed E-state index contributed by atoms with van der Waals surface area (Å²) in [5, 5.41) is 0.